The van der Waals surface area contributed by atoms with Gasteiger partial charge in [-0.05, 0) is 31.0 Å². The molecule has 3 heteroatoms. The molecule has 0 amide bonds. The largest absolute Gasteiger partial charge is 0.310 e. The van der Waals surface area contributed by atoms with Gasteiger partial charge in [-0.3, -0.25) is 0 Å². The van der Waals surface area contributed by atoms with Crippen LogP contribution in [0.4, 0.5) is 4.39 Å². The number of hydrogen-bond acceptors (Lipinski definition) is 1. The Morgan fingerprint density at radius 1 is 1.38 bits per heavy atom. The van der Waals surface area contributed by atoms with E-state index in [0.717, 1.165) is 23.0 Å². The van der Waals surface area contributed by atoms with Gasteiger partial charge >= 0.3 is 0 Å². The first-order valence-corrected chi connectivity index (χ1v) is 6.54. The van der Waals surface area contributed by atoms with Gasteiger partial charge in [-0.25, -0.2) is 4.39 Å². The lowest BCUT2D eigenvalue weighted by Gasteiger charge is -2.24. The first-order valence-electron chi connectivity index (χ1n) is 5.75. The number of hydrogen-bond donors (Lipinski definition) is 1. The van der Waals surface area contributed by atoms with Crippen LogP contribution in [0.3, 0.4) is 0 Å². The van der Waals surface area contributed by atoms with Crippen molar-refractivity contribution in [3.8, 4) is 0 Å². The lowest BCUT2D eigenvalue weighted by Crippen LogP contribution is -2.27. The lowest BCUT2D eigenvalue weighted by atomic mass is 9.95. The Kier molecular flexibility index (Phi) is 5.42. The van der Waals surface area contributed by atoms with Crippen molar-refractivity contribution < 1.29 is 4.39 Å². The van der Waals surface area contributed by atoms with Gasteiger partial charge in [-0.15, -0.1) is 0 Å². The van der Waals surface area contributed by atoms with Crippen LogP contribution in [0.1, 0.15) is 38.8 Å². The molecule has 0 aliphatic carbocycles. The quantitative estimate of drug-likeness (QED) is 0.852. The van der Waals surface area contributed by atoms with Gasteiger partial charge in [-0.1, -0.05) is 42.8 Å². The van der Waals surface area contributed by atoms with E-state index in [4.69, 9.17) is 0 Å². The van der Waals surface area contributed by atoms with Crippen molar-refractivity contribution in [2.24, 2.45) is 5.92 Å². The number of benzene rings is 1. The monoisotopic (exact) mass is 287 g/mol. The Bertz CT molecular complexity index is 318. The fourth-order valence-electron chi connectivity index (χ4n) is 1.78. The molecule has 1 N–H and O–H groups in total. The van der Waals surface area contributed by atoms with Crippen molar-refractivity contribution in [2.45, 2.75) is 33.2 Å². The van der Waals surface area contributed by atoms with Crippen molar-refractivity contribution in [1.29, 1.82) is 0 Å². The van der Waals surface area contributed by atoms with E-state index in [9.17, 15) is 4.39 Å². The number of halogens is 2. The van der Waals surface area contributed by atoms with Crippen LogP contribution in [0.25, 0.3) is 0 Å². The smallest absolute Gasteiger partial charge is 0.129 e. The van der Waals surface area contributed by atoms with E-state index in [1.807, 2.05) is 6.07 Å². The molecule has 1 atom stereocenters. The van der Waals surface area contributed by atoms with Crippen LogP contribution >= 0.6 is 15.9 Å². The number of nitrogens with one attached hydrogen (secondary N) is 1. The van der Waals surface area contributed by atoms with Gasteiger partial charge in [-0.2, -0.15) is 0 Å². The maximum Gasteiger partial charge on any atom is 0.129 e. The predicted octanol–water partition coefficient (Wildman–Crippen LogP) is 4.28. The topological polar surface area (TPSA) is 12.0 Å². The van der Waals surface area contributed by atoms with Gasteiger partial charge in [0.05, 0.1) is 0 Å². The molecule has 0 saturated heterocycles. The zero-order valence-corrected chi connectivity index (χ0v) is 11.6. The van der Waals surface area contributed by atoms with Gasteiger partial charge in [0.2, 0.25) is 0 Å². The van der Waals surface area contributed by atoms with Crippen LogP contribution in [0, 0.1) is 11.7 Å². The van der Waals surface area contributed by atoms with E-state index in [1.165, 1.54) is 6.07 Å². The van der Waals surface area contributed by atoms with Crippen LogP contribution in [-0.2, 0) is 0 Å². The van der Waals surface area contributed by atoms with Gasteiger partial charge < -0.3 is 5.32 Å². The molecule has 1 aromatic rings. The zero-order valence-electron chi connectivity index (χ0n) is 10.1. The van der Waals surface area contributed by atoms with E-state index in [2.05, 4.69) is 42.0 Å². The SMILES string of the molecule is CCCNC(c1c(F)cccc1Br)C(C)C. The van der Waals surface area contributed by atoms with E-state index in [1.54, 1.807) is 6.07 Å². The third kappa shape index (κ3) is 3.29. The Hall–Kier alpha value is -0.410. The maximum atomic E-state index is 13.8. The summed E-state index contributed by atoms with van der Waals surface area (Å²) in [7, 11) is 0. The minimum atomic E-state index is -0.142. The summed E-state index contributed by atoms with van der Waals surface area (Å²) in [4.78, 5) is 0. The molecule has 90 valence electrons. The van der Waals surface area contributed by atoms with E-state index in [0.29, 0.717) is 5.92 Å². The van der Waals surface area contributed by atoms with E-state index >= 15 is 0 Å². The molecular formula is C13H19BrFN. The molecule has 0 aliphatic rings. The molecule has 1 aromatic carbocycles. The highest BCUT2D eigenvalue weighted by Crippen LogP contribution is 2.30. The molecule has 0 aromatic heterocycles. The standard InChI is InChI=1S/C13H19BrFN/c1-4-8-16-13(9(2)3)12-10(14)6-5-7-11(12)15/h5-7,9,13,16H,4,8H2,1-3H3. The highest BCUT2D eigenvalue weighted by atomic mass is 79.9. The lowest BCUT2D eigenvalue weighted by molar-refractivity contribution is 0.396. The van der Waals surface area contributed by atoms with Crippen LogP contribution < -0.4 is 5.32 Å². The molecular weight excluding hydrogens is 269 g/mol. The van der Waals surface area contributed by atoms with Crippen LogP contribution in [0.15, 0.2) is 22.7 Å². The summed E-state index contributed by atoms with van der Waals surface area (Å²) in [6, 6.07) is 5.19. The Balaban J connectivity index is 3.00. The summed E-state index contributed by atoms with van der Waals surface area (Å²) in [6.45, 7) is 7.23. The first-order chi connectivity index (χ1) is 7.57. The summed E-state index contributed by atoms with van der Waals surface area (Å²) in [6.07, 6.45) is 1.05. The minimum Gasteiger partial charge on any atom is -0.310 e. The molecule has 1 nitrogen and oxygen atoms in total. The summed E-state index contributed by atoms with van der Waals surface area (Å²) < 4.78 is 14.7. The first kappa shape index (κ1) is 13.7. The molecule has 0 saturated carbocycles. The molecule has 1 rings (SSSR count). The second-order valence-electron chi connectivity index (χ2n) is 4.31. The molecule has 0 aliphatic heterocycles. The third-order valence-corrected chi connectivity index (χ3v) is 3.28. The Morgan fingerprint density at radius 3 is 2.56 bits per heavy atom. The highest BCUT2D eigenvalue weighted by molar-refractivity contribution is 9.10. The van der Waals surface area contributed by atoms with E-state index in [-0.39, 0.29) is 11.9 Å². The molecule has 0 radical (unpaired) electrons. The second kappa shape index (κ2) is 6.36. The van der Waals surface area contributed by atoms with Crippen molar-refractivity contribution in [1.82, 2.24) is 5.32 Å². The van der Waals surface area contributed by atoms with Gasteiger partial charge in [0.1, 0.15) is 5.82 Å². The van der Waals surface area contributed by atoms with Crippen molar-refractivity contribution in [3.05, 3.63) is 34.1 Å². The molecule has 0 heterocycles. The maximum absolute atomic E-state index is 13.8. The van der Waals surface area contributed by atoms with Gasteiger partial charge in [0, 0.05) is 16.1 Å². The average molecular weight is 288 g/mol. The normalized spacial score (nSPS) is 13.1. The summed E-state index contributed by atoms with van der Waals surface area (Å²) in [5, 5.41) is 3.40. The summed E-state index contributed by atoms with van der Waals surface area (Å²) in [5.74, 6) is 0.219. The van der Waals surface area contributed by atoms with Crippen LogP contribution in [0.5, 0.6) is 0 Å². The molecule has 1 unspecified atom stereocenters. The van der Waals surface area contributed by atoms with Gasteiger partial charge in [0.15, 0.2) is 0 Å². The fourth-order valence-corrected chi connectivity index (χ4v) is 2.37. The van der Waals surface area contributed by atoms with Crippen LogP contribution in [0.2, 0.25) is 0 Å². The molecule has 0 fully saturated rings. The molecule has 0 bridgehead atoms. The summed E-state index contributed by atoms with van der Waals surface area (Å²) in [5.41, 5.74) is 0.742. The van der Waals surface area contributed by atoms with Crippen LogP contribution in [-0.4, -0.2) is 6.54 Å². The molecule has 16 heavy (non-hydrogen) atoms. The number of rotatable bonds is 5. The summed E-state index contributed by atoms with van der Waals surface area (Å²) >= 11 is 3.43. The highest BCUT2D eigenvalue weighted by Gasteiger charge is 2.20. The fraction of sp³-hybridized carbons (Fsp3) is 0.538. The zero-order chi connectivity index (χ0) is 12.1. The average Bonchev–Trinajstić information content (AvgIpc) is 2.21. The predicted molar refractivity (Wildman–Crippen MR) is 70.0 cm³/mol. The van der Waals surface area contributed by atoms with Crippen molar-refractivity contribution >= 4 is 15.9 Å². The molecule has 0 spiro atoms. The van der Waals surface area contributed by atoms with Gasteiger partial charge in [0.25, 0.3) is 0 Å². The van der Waals surface area contributed by atoms with Crippen molar-refractivity contribution in [2.75, 3.05) is 6.54 Å². The van der Waals surface area contributed by atoms with E-state index < -0.39 is 0 Å². The Labute approximate surface area is 106 Å². The third-order valence-electron chi connectivity index (χ3n) is 2.59. The minimum absolute atomic E-state index is 0.0653. The second-order valence-corrected chi connectivity index (χ2v) is 5.17. The van der Waals surface area contributed by atoms with Crippen molar-refractivity contribution in [3.63, 3.8) is 0 Å². The Morgan fingerprint density at radius 2 is 2.06 bits per heavy atom.